The minimum Gasteiger partial charge on any atom is -0.432 e. The van der Waals surface area contributed by atoms with Gasteiger partial charge in [0.1, 0.15) is 0 Å². The van der Waals surface area contributed by atoms with Crippen molar-refractivity contribution in [3.05, 3.63) is 65.0 Å². The van der Waals surface area contributed by atoms with Crippen LogP contribution in [0, 0.1) is 11.7 Å². The monoisotopic (exact) mass is 426 g/mol. The summed E-state index contributed by atoms with van der Waals surface area (Å²) in [6, 6.07) is 11.5. The number of rotatable bonds is 8. The summed E-state index contributed by atoms with van der Waals surface area (Å²) in [5.41, 5.74) is 2.57. The summed E-state index contributed by atoms with van der Waals surface area (Å²) >= 11 is 0. The second-order valence-corrected chi connectivity index (χ2v) is 8.12. The minimum atomic E-state index is -3.16. The number of alkyl halides is 4. The van der Waals surface area contributed by atoms with E-state index in [1.54, 1.807) is 0 Å². The molecule has 0 bridgehead atoms. The highest BCUT2D eigenvalue weighted by molar-refractivity contribution is 5.30. The summed E-state index contributed by atoms with van der Waals surface area (Å²) in [5.74, 6) is -5.15. The molecule has 2 aromatic rings. The molecular formula is C24H27F5O. The Morgan fingerprint density at radius 3 is 2.17 bits per heavy atom. The largest absolute Gasteiger partial charge is 0.432 e. The summed E-state index contributed by atoms with van der Waals surface area (Å²) in [6.07, 6.45) is 3.72. The second kappa shape index (κ2) is 9.80. The van der Waals surface area contributed by atoms with Gasteiger partial charge in [-0.05, 0) is 66.8 Å². The number of aryl methyl sites for hydroxylation is 1. The Morgan fingerprint density at radius 2 is 1.60 bits per heavy atom. The molecule has 1 nitrogen and oxygen atoms in total. The van der Waals surface area contributed by atoms with Gasteiger partial charge < -0.3 is 4.74 Å². The van der Waals surface area contributed by atoms with Crippen LogP contribution in [0.3, 0.4) is 0 Å². The molecule has 164 valence electrons. The Hall–Kier alpha value is -2.11. The van der Waals surface area contributed by atoms with Gasteiger partial charge in [0, 0.05) is 12.3 Å². The molecule has 0 atom stereocenters. The van der Waals surface area contributed by atoms with Gasteiger partial charge in [-0.2, -0.15) is 8.78 Å². The van der Waals surface area contributed by atoms with Gasteiger partial charge in [-0.25, -0.2) is 13.2 Å². The number of hydrogen-bond donors (Lipinski definition) is 0. The van der Waals surface area contributed by atoms with Gasteiger partial charge in [0.2, 0.25) is 0 Å². The predicted octanol–water partition coefficient (Wildman–Crippen LogP) is 7.53. The van der Waals surface area contributed by atoms with Gasteiger partial charge in [-0.15, -0.1) is 0 Å². The molecule has 0 aromatic heterocycles. The van der Waals surface area contributed by atoms with Crippen molar-refractivity contribution in [1.29, 1.82) is 0 Å². The highest BCUT2D eigenvalue weighted by atomic mass is 19.3. The van der Waals surface area contributed by atoms with E-state index in [1.165, 1.54) is 17.2 Å². The molecule has 0 radical (unpaired) electrons. The fraction of sp³-hybridized carbons (Fsp3) is 0.500. The van der Waals surface area contributed by atoms with Crippen molar-refractivity contribution in [3.8, 4) is 5.75 Å². The molecule has 0 amide bonds. The van der Waals surface area contributed by atoms with Crippen molar-refractivity contribution >= 4 is 0 Å². The van der Waals surface area contributed by atoms with E-state index in [1.807, 2.05) is 0 Å². The van der Waals surface area contributed by atoms with Crippen LogP contribution in [0.25, 0.3) is 0 Å². The first-order valence-electron chi connectivity index (χ1n) is 10.5. The Kier molecular flexibility index (Phi) is 7.37. The normalized spacial score (nSPS) is 19.8. The maximum Gasteiger partial charge on any atom is 0.387 e. The molecule has 0 heterocycles. The molecule has 30 heavy (non-hydrogen) atoms. The van der Waals surface area contributed by atoms with Crippen LogP contribution in [-0.4, -0.2) is 12.5 Å². The first kappa shape index (κ1) is 22.6. The van der Waals surface area contributed by atoms with Gasteiger partial charge in [-0.3, -0.25) is 0 Å². The van der Waals surface area contributed by atoms with E-state index >= 15 is 0 Å². The van der Waals surface area contributed by atoms with E-state index in [0.29, 0.717) is 25.7 Å². The lowest BCUT2D eigenvalue weighted by Crippen LogP contribution is -2.33. The smallest absolute Gasteiger partial charge is 0.387 e. The molecule has 3 rings (SSSR count). The molecule has 6 heteroatoms. The molecule has 2 aromatic carbocycles. The van der Waals surface area contributed by atoms with Gasteiger partial charge in [0.25, 0.3) is 5.92 Å². The first-order valence-corrected chi connectivity index (χ1v) is 10.5. The van der Waals surface area contributed by atoms with Crippen LogP contribution in [0.1, 0.15) is 61.6 Å². The summed E-state index contributed by atoms with van der Waals surface area (Å²) in [7, 11) is 0. The highest BCUT2D eigenvalue weighted by Gasteiger charge is 2.41. The van der Waals surface area contributed by atoms with Crippen LogP contribution in [0.4, 0.5) is 22.0 Å². The van der Waals surface area contributed by atoms with Crippen molar-refractivity contribution < 1.29 is 26.7 Å². The van der Waals surface area contributed by atoms with Crippen LogP contribution in [0.5, 0.6) is 5.75 Å². The molecular weight excluding hydrogens is 399 g/mol. The minimum absolute atomic E-state index is 0.0766. The van der Waals surface area contributed by atoms with Crippen molar-refractivity contribution in [2.45, 2.75) is 70.3 Å². The Balaban J connectivity index is 1.58. The zero-order valence-electron chi connectivity index (χ0n) is 17.0. The standard InChI is InChI=1S/C24H27F5O/c1-2-3-16-4-7-18(8-5-16)19-9-11-20(12-10-19)24(28,29)15-17-6-13-22(21(25)14-17)30-23(26)27/h4-8,13-14,19-20,23H,2-3,9-12,15H2,1H3. The third-order valence-corrected chi connectivity index (χ3v) is 5.97. The zero-order valence-corrected chi connectivity index (χ0v) is 17.0. The third kappa shape index (κ3) is 5.73. The lowest BCUT2D eigenvalue weighted by atomic mass is 9.75. The molecule has 1 fully saturated rings. The quantitative estimate of drug-likeness (QED) is 0.396. The lowest BCUT2D eigenvalue weighted by molar-refractivity contribution is -0.0717. The fourth-order valence-electron chi connectivity index (χ4n) is 4.36. The average Bonchev–Trinajstić information content (AvgIpc) is 2.70. The predicted molar refractivity (Wildman–Crippen MR) is 107 cm³/mol. The van der Waals surface area contributed by atoms with E-state index in [4.69, 9.17) is 0 Å². The van der Waals surface area contributed by atoms with Crippen molar-refractivity contribution in [3.63, 3.8) is 0 Å². The molecule has 0 spiro atoms. The summed E-state index contributed by atoms with van der Waals surface area (Å²) < 4.78 is 72.0. The zero-order chi connectivity index (χ0) is 21.7. The molecule has 1 aliphatic carbocycles. The third-order valence-electron chi connectivity index (χ3n) is 5.97. The average molecular weight is 426 g/mol. The molecule has 0 unspecified atom stereocenters. The number of benzene rings is 2. The van der Waals surface area contributed by atoms with Crippen molar-refractivity contribution in [2.75, 3.05) is 0 Å². The van der Waals surface area contributed by atoms with Crippen LogP contribution in [0.2, 0.25) is 0 Å². The molecule has 0 aliphatic heterocycles. The molecule has 0 N–H and O–H groups in total. The van der Waals surface area contributed by atoms with Crippen LogP contribution < -0.4 is 4.74 Å². The van der Waals surface area contributed by atoms with Gasteiger partial charge in [-0.1, -0.05) is 43.7 Å². The first-order chi connectivity index (χ1) is 14.3. The Labute approximate surface area is 174 Å². The van der Waals surface area contributed by atoms with E-state index in [-0.39, 0.29) is 11.5 Å². The van der Waals surface area contributed by atoms with E-state index in [2.05, 4.69) is 35.9 Å². The van der Waals surface area contributed by atoms with Crippen LogP contribution >= 0.6 is 0 Å². The summed E-state index contributed by atoms with van der Waals surface area (Å²) in [5, 5.41) is 0. The SMILES string of the molecule is CCCc1ccc(C2CCC(C(F)(F)Cc3ccc(OC(F)F)c(F)c3)CC2)cc1. The number of ether oxygens (including phenoxy) is 1. The van der Waals surface area contributed by atoms with Gasteiger partial charge >= 0.3 is 6.61 Å². The fourth-order valence-corrected chi connectivity index (χ4v) is 4.36. The maximum atomic E-state index is 14.8. The van der Waals surface area contributed by atoms with E-state index in [0.717, 1.165) is 25.0 Å². The maximum absolute atomic E-state index is 14.8. The molecule has 0 saturated heterocycles. The topological polar surface area (TPSA) is 9.23 Å². The second-order valence-electron chi connectivity index (χ2n) is 8.12. The highest BCUT2D eigenvalue weighted by Crippen LogP contribution is 2.43. The lowest BCUT2D eigenvalue weighted by Gasteiger charge is -2.34. The number of halogens is 5. The van der Waals surface area contributed by atoms with Crippen molar-refractivity contribution in [2.24, 2.45) is 5.92 Å². The van der Waals surface area contributed by atoms with Gasteiger partial charge in [0.05, 0.1) is 0 Å². The van der Waals surface area contributed by atoms with Crippen LogP contribution in [-0.2, 0) is 12.8 Å². The summed E-state index contributed by atoms with van der Waals surface area (Å²) in [4.78, 5) is 0. The van der Waals surface area contributed by atoms with Gasteiger partial charge in [0.15, 0.2) is 11.6 Å². The number of hydrogen-bond acceptors (Lipinski definition) is 1. The van der Waals surface area contributed by atoms with E-state index < -0.39 is 36.4 Å². The Bertz CT molecular complexity index is 811. The van der Waals surface area contributed by atoms with E-state index in [9.17, 15) is 22.0 Å². The Morgan fingerprint density at radius 1 is 0.967 bits per heavy atom. The van der Waals surface area contributed by atoms with Crippen LogP contribution in [0.15, 0.2) is 42.5 Å². The summed E-state index contributed by atoms with van der Waals surface area (Å²) in [6.45, 7) is -1.03. The molecule has 1 saturated carbocycles. The molecule has 1 aliphatic rings. The van der Waals surface area contributed by atoms with Crippen molar-refractivity contribution in [1.82, 2.24) is 0 Å².